The van der Waals surface area contributed by atoms with Crippen molar-refractivity contribution < 1.29 is 13.9 Å². The van der Waals surface area contributed by atoms with E-state index >= 15 is 0 Å². The highest BCUT2D eigenvalue weighted by molar-refractivity contribution is 5.49. The third kappa shape index (κ3) is 3.44. The Morgan fingerprint density at radius 2 is 1.81 bits per heavy atom. The predicted octanol–water partition coefficient (Wildman–Crippen LogP) is 2.95. The maximum absolute atomic E-state index is 13.7. The van der Waals surface area contributed by atoms with Crippen molar-refractivity contribution in [2.45, 2.75) is 6.04 Å². The van der Waals surface area contributed by atoms with E-state index in [2.05, 4.69) is 5.32 Å². The van der Waals surface area contributed by atoms with Crippen LogP contribution in [0.4, 0.5) is 10.1 Å². The molecule has 21 heavy (non-hydrogen) atoms. The van der Waals surface area contributed by atoms with Crippen LogP contribution in [0.1, 0.15) is 11.6 Å². The molecular weight excluding hydrogens is 271 g/mol. The van der Waals surface area contributed by atoms with Crippen LogP contribution in [0.2, 0.25) is 0 Å². The topological polar surface area (TPSA) is 56.5 Å². The second kappa shape index (κ2) is 6.95. The van der Waals surface area contributed by atoms with Crippen LogP contribution in [-0.2, 0) is 0 Å². The van der Waals surface area contributed by atoms with Gasteiger partial charge in [0.1, 0.15) is 5.82 Å². The van der Waals surface area contributed by atoms with Gasteiger partial charge in [-0.2, -0.15) is 0 Å². The number of anilines is 1. The number of hydrogen-bond donors (Lipinski definition) is 2. The van der Waals surface area contributed by atoms with E-state index in [0.717, 1.165) is 5.56 Å². The number of methoxy groups -OCH3 is 2. The molecule has 0 bridgehead atoms. The van der Waals surface area contributed by atoms with E-state index in [0.29, 0.717) is 23.7 Å². The van der Waals surface area contributed by atoms with Gasteiger partial charge in [0.2, 0.25) is 0 Å². The van der Waals surface area contributed by atoms with Gasteiger partial charge in [-0.25, -0.2) is 4.39 Å². The van der Waals surface area contributed by atoms with Gasteiger partial charge in [0.05, 0.1) is 25.9 Å². The van der Waals surface area contributed by atoms with Gasteiger partial charge < -0.3 is 20.5 Å². The molecule has 2 rings (SSSR count). The molecule has 0 saturated heterocycles. The molecule has 0 spiro atoms. The SMILES string of the molecule is COc1ccc(C(CN)Nc2ccccc2F)cc1OC. The van der Waals surface area contributed by atoms with Crippen molar-refractivity contribution in [3.05, 3.63) is 53.8 Å². The Bertz CT molecular complexity index is 605. The zero-order chi connectivity index (χ0) is 15.2. The van der Waals surface area contributed by atoms with E-state index in [-0.39, 0.29) is 11.9 Å². The highest BCUT2D eigenvalue weighted by Crippen LogP contribution is 2.31. The average Bonchev–Trinajstić information content (AvgIpc) is 2.53. The van der Waals surface area contributed by atoms with Crippen LogP contribution in [0.25, 0.3) is 0 Å². The van der Waals surface area contributed by atoms with E-state index in [1.807, 2.05) is 12.1 Å². The summed E-state index contributed by atoms with van der Waals surface area (Å²) in [7, 11) is 3.15. The van der Waals surface area contributed by atoms with Crippen molar-refractivity contribution in [3.8, 4) is 11.5 Å². The number of ether oxygens (including phenoxy) is 2. The van der Waals surface area contributed by atoms with E-state index < -0.39 is 0 Å². The number of para-hydroxylation sites is 1. The molecule has 3 N–H and O–H groups in total. The summed E-state index contributed by atoms with van der Waals surface area (Å²) in [6.07, 6.45) is 0. The van der Waals surface area contributed by atoms with Gasteiger partial charge in [-0.05, 0) is 29.8 Å². The van der Waals surface area contributed by atoms with Crippen LogP contribution in [0.5, 0.6) is 11.5 Å². The molecule has 112 valence electrons. The fraction of sp³-hybridized carbons (Fsp3) is 0.250. The predicted molar refractivity (Wildman–Crippen MR) is 81.4 cm³/mol. The van der Waals surface area contributed by atoms with Gasteiger partial charge >= 0.3 is 0 Å². The molecule has 0 radical (unpaired) electrons. The molecule has 0 saturated carbocycles. The van der Waals surface area contributed by atoms with E-state index in [1.54, 1.807) is 38.5 Å². The first kappa shape index (κ1) is 15.1. The lowest BCUT2D eigenvalue weighted by atomic mass is 10.1. The van der Waals surface area contributed by atoms with Crippen LogP contribution in [0.15, 0.2) is 42.5 Å². The zero-order valence-electron chi connectivity index (χ0n) is 12.1. The Kier molecular flexibility index (Phi) is 5.00. The summed E-state index contributed by atoms with van der Waals surface area (Å²) in [4.78, 5) is 0. The molecular formula is C16H19FN2O2. The molecule has 2 aromatic carbocycles. The molecule has 0 aliphatic rings. The second-order valence-corrected chi connectivity index (χ2v) is 4.53. The molecule has 1 atom stereocenters. The van der Waals surface area contributed by atoms with Gasteiger partial charge in [-0.15, -0.1) is 0 Å². The minimum Gasteiger partial charge on any atom is -0.493 e. The van der Waals surface area contributed by atoms with Crippen LogP contribution < -0.4 is 20.5 Å². The van der Waals surface area contributed by atoms with Crippen LogP contribution in [0.3, 0.4) is 0 Å². The van der Waals surface area contributed by atoms with E-state index in [1.165, 1.54) is 6.07 Å². The lowest BCUT2D eigenvalue weighted by Gasteiger charge is -2.20. The Morgan fingerprint density at radius 3 is 2.43 bits per heavy atom. The summed E-state index contributed by atoms with van der Waals surface area (Å²) in [6, 6.07) is 11.8. The summed E-state index contributed by atoms with van der Waals surface area (Å²) in [6.45, 7) is 0.323. The molecule has 1 unspecified atom stereocenters. The Hall–Kier alpha value is -2.27. The third-order valence-electron chi connectivity index (χ3n) is 3.25. The number of hydrogen-bond acceptors (Lipinski definition) is 4. The minimum atomic E-state index is -0.309. The van der Waals surface area contributed by atoms with Crippen LogP contribution in [-0.4, -0.2) is 20.8 Å². The minimum absolute atomic E-state index is 0.221. The number of rotatable bonds is 6. The highest BCUT2D eigenvalue weighted by atomic mass is 19.1. The molecule has 0 aromatic heterocycles. The smallest absolute Gasteiger partial charge is 0.161 e. The van der Waals surface area contributed by atoms with Gasteiger partial charge in [-0.1, -0.05) is 18.2 Å². The maximum atomic E-state index is 13.7. The molecule has 0 heterocycles. The van der Waals surface area contributed by atoms with Crippen LogP contribution >= 0.6 is 0 Å². The first-order valence-corrected chi connectivity index (χ1v) is 6.62. The van der Waals surface area contributed by atoms with Gasteiger partial charge in [-0.3, -0.25) is 0 Å². The summed E-state index contributed by atoms with van der Waals surface area (Å²) in [5.41, 5.74) is 7.13. The first-order valence-electron chi connectivity index (χ1n) is 6.62. The monoisotopic (exact) mass is 290 g/mol. The standard InChI is InChI=1S/C16H19FN2O2/c1-20-15-8-7-11(9-16(15)21-2)14(10-18)19-13-6-4-3-5-12(13)17/h3-9,14,19H,10,18H2,1-2H3. The summed E-state index contributed by atoms with van der Waals surface area (Å²) in [5, 5.41) is 3.11. The Labute approximate surface area is 123 Å². The summed E-state index contributed by atoms with van der Waals surface area (Å²) < 4.78 is 24.2. The fourth-order valence-electron chi connectivity index (χ4n) is 2.11. The van der Waals surface area contributed by atoms with Crippen molar-refractivity contribution in [3.63, 3.8) is 0 Å². The first-order chi connectivity index (χ1) is 10.2. The number of benzene rings is 2. The molecule has 0 aliphatic carbocycles. The Morgan fingerprint density at radius 1 is 1.10 bits per heavy atom. The third-order valence-corrected chi connectivity index (χ3v) is 3.25. The molecule has 5 heteroatoms. The van der Waals surface area contributed by atoms with Crippen molar-refractivity contribution >= 4 is 5.69 Å². The van der Waals surface area contributed by atoms with Crippen molar-refractivity contribution in [1.29, 1.82) is 0 Å². The van der Waals surface area contributed by atoms with Crippen molar-refractivity contribution in [2.24, 2.45) is 5.73 Å². The lowest BCUT2D eigenvalue weighted by molar-refractivity contribution is 0.354. The van der Waals surface area contributed by atoms with Gasteiger partial charge in [0, 0.05) is 6.54 Å². The maximum Gasteiger partial charge on any atom is 0.161 e. The molecule has 4 nitrogen and oxygen atoms in total. The number of nitrogens with two attached hydrogens (primary N) is 1. The highest BCUT2D eigenvalue weighted by Gasteiger charge is 2.14. The molecule has 2 aromatic rings. The van der Waals surface area contributed by atoms with Crippen LogP contribution in [0, 0.1) is 5.82 Å². The van der Waals surface area contributed by atoms with Crippen molar-refractivity contribution in [2.75, 3.05) is 26.1 Å². The second-order valence-electron chi connectivity index (χ2n) is 4.53. The normalized spacial score (nSPS) is 11.8. The van der Waals surface area contributed by atoms with E-state index in [9.17, 15) is 4.39 Å². The average molecular weight is 290 g/mol. The lowest BCUT2D eigenvalue weighted by Crippen LogP contribution is -2.21. The number of nitrogens with one attached hydrogen (secondary N) is 1. The summed E-state index contributed by atoms with van der Waals surface area (Å²) >= 11 is 0. The van der Waals surface area contributed by atoms with Gasteiger partial charge in [0.25, 0.3) is 0 Å². The molecule has 0 aliphatic heterocycles. The molecule has 0 fully saturated rings. The van der Waals surface area contributed by atoms with Crippen molar-refractivity contribution in [1.82, 2.24) is 0 Å². The molecule has 0 amide bonds. The van der Waals surface area contributed by atoms with Gasteiger partial charge in [0.15, 0.2) is 11.5 Å². The summed E-state index contributed by atoms with van der Waals surface area (Å²) in [5.74, 6) is 0.947. The zero-order valence-corrected chi connectivity index (χ0v) is 12.1. The largest absolute Gasteiger partial charge is 0.493 e. The fourth-order valence-corrected chi connectivity index (χ4v) is 2.11. The number of halogens is 1. The van der Waals surface area contributed by atoms with E-state index in [4.69, 9.17) is 15.2 Å². The Balaban J connectivity index is 2.27. The quantitative estimate of drug-likeness (QED) is 0.859.